The molecule has 2 heterocycles. The minimum Gasteiger partial charge on any atom is -0.352 e. The highest BCUT2D eigenvalue weighted by Gasteiger charge is 2.15. The molecule has 6 heteroatoms. The molecule has 0 saturated heterocycles. The fourth-order valence-electron chi connectivity index (χ4n) is 2.25. The van der Waals surface area contributed by atoms with Crippen molar-refractivity contribution in [3.63, 3.8) is 0 Å². The van der Waals surface area contributed by atoms with E-state index in [1.807, 2.05) is 19.1 Å². The molecule has 0 aliphatic rings. The summed E-state index contributed by atoms with van der Waals surface area (Å²) in [5.74, 6) is -0.399. The first-order valence-corrected chi connectivity index (χ1v) is 8.32. The number of hydrogen-bond donors (Lipinski definition) is 1. The van der Waals surface area contributed by atoms with E-state index >= 15 is 0 Å². The van der Waals surface area contributed by atoms with Gasteiger partial charge in [0.2, 0.25) is 5.91 Å². The molecule has 0 radical (unpaired) electrons. The zero-order valence-corrected chi connectivity index (χ0v) is 13.9. The number of aromatic nitrogens is 2. The SMILES string of the molecule is Cc1nc(-c2ccccc2F)sc1CC(=O)NCc1cccnc1. The van der Waals surface area contributed by atoms with Gasteiger partial charge in [-0.05, 0) is 30.7 Å². The van der Waals surface area contributed by atoms with Gasteiger partial charge < -0.3 is 5.32 Å². The van der Waals surface area contributed by atoms with Crippen molar-refractivity contribution in [2.24, 2.45) is 0 Å². The van der Waals surface area contributed by atoms with Crippen LogP contribution in [0.1, 0.15) is 16.1 Å². The fourth-order valence-corrected chi connectivity index (χ4v) is 3.34. The Bertz CT molecular complexity index is 848. The third-order valence-electron chi connectivity index (χ3n) is 3.53. The van der Waals surface area contributed by atoms with E-state index in [1.54, 1.807) is 30.6 Å². The predicted molar refractivity (Wildman–Crippen MR) is 92.0 cm³/mol. The van der Waals surface area contributed by atoms with Crippen molar-refractivity contribution >= 4 is 17.2 Å². The monoisotopic (exact) mass is 341 g/mol. The van der Waals surface area contributed by atoms with E-state index in [4.69, 9.17) is 0 Å². The highest BCUT2D eigenvalue weighted by molar-refractivity contribution is 7.15. The van der Waals surface area contributed by atoms with Crippen molar-refractivity contribution in [2.75, 3.05) is 0 Å². The van der Waals surface area contributed by atoms with Gasteiger partial charge in [-0.15, -0.1) is 11.3 Å². The van der Waals surface area contributed by atoms with Crippen LogP contribution in [-0.4, -0.2) is 15.9 Å². The van der Waals surface area contributed by atoms with Crippen molar-refractivity contribution in [3.8, 4) is 10.6 Å². The van der Waals surface area contributed by atoms with Gasteiger partial charge in [0.25, 0.3) is 0 Å². The van der Waals surface area contributed by atoms with Gasteiger partial charge in [-0.25, -0.2) is 9.37 Å². The molecule has 0 aliphatic carbocycles. The summed E-state index contributed by atoms with van der Waals surface area (Å²) < 4.78 is 13.9. The van der Waals surface area contributed by atoms with Crippen molar-refractivity contribution in [3.05, 3.63) is 70.7 Å². The summed E-state index contributed by atoms with van der Waals surface area (Å²) >= 11 is 1.35. The maximum Gasteiger partial charge on any atom is 0.225 e. The van der Waals surface area contributed by atoms with Gasteiger partial charge in [-0.1, -0.05) is 18.2 Å². The molecule has 4 nitrogen and oxygen atoms in total. The number of thiazole rings is 1. The maximum atomic E-state index is 13.9. The van der Waals surface area contributed by atoms with Gasteiger partial charge >= 0.3 is 0 Å². The molecule has 24 heavy (non-hydrogen) atoms. The van der Waals surface area contributed by atoms with Gasteiger partial charge in [-0.3, -0.25) is 9.78 Å². The molecule has 1 aromatic carbocycles. The van der Waals surface area contributed by atoms with Gasteiger partial charge in [-0.2, -0.15) is 0 Å². The standard InChI is InChI=1S/C18H16FN3OS/c1-12-16(9-17(23)21-11-13-5-4-8-20-10-13)24-18(22-12)14-6-2-3-7-15(14)19/h2-8,10H,9,11H2,1H3,(H,21,23). The van der Waals surface area contributed by atoms with Crippen LogP contribution in [0.15, 0.2) is 48.8 Å². The van der Waals surface area contributed by atoms with E-state index in [1.165, 1.54) is 17.4 Å². The van der Waals surface area contributed by atoms with Crippen molar-refractivity contribution in [1.82, 2.24) is 15.3 Å². The average molecular weight is 341 g/mol. The summed E-state index contributed by atoms with van der Waals surface area (Å²) in [4.78, 5) is 21.4. The van der Waals surface area contributed by atoms with E-state index < -0.39 is 0 Å². The number of hydrogen-bond acceptors (Lipinski definition) is 4. The Morgan fingerprint density at radius 1 is 1.25 bits per heavy atom. The Hall–Kier alpha value is -2.60. The molecule has 122 valence electrons. The van der Waals surface area contributed by atoms with Crippen LogP contribution >= 0.6 is 11.3 Å². The minimum absolute atomic E-state index is 0.0920. The Morgan fingerprint density at radius 3 is 2.83 bits per heavy atom. The van der Waals surface area contributed by atoms with E-state index in [2.05, 4.69) is 15.3 Å². The summed E-state index contributed by atoms with van der Waals surface area (Å²) in [6.45, 7) is 2.27. The fraction of sp³-hybridized carbons (Fsp3) is 0.167. The normalized spacial score (nSPS) is 10.6. The molecule has 0 spiro atoms. The second-order valence-corrected chi connectivity index (χ2v) is 6.41. The lowest BCUT2D eigenvalue weighted by atomic mass is 10.2. The average Bonchev–Trinajstić information content (AvgIpc) is 2.95. The number of aryl methyl sites for hydroxylation is 1. The first-order valence-electron chi connectivity index (χ1n) is 7.50. The second-order valence-electron chi connectivity index (χ2n) is 5.32. The highest BCUT2D eigenvalue weighted by Crippen LogP contribution is 2.29. The van der Waals surface area contributed by atoms with E-state index in [0.29, 0.717) is 17.1 Å². The molecular weight excluding hydrogens is 325 g/mol. The number of halogens is 1. The molecule has 1 amide bonds. The van der Waals surface area contributed by atoms with Crippen LogP contribution in [0.3, 0.4) is 0 Å². The van der Waals surface area contributed by atoms with Gasteiger partial charge in [0, 0.05) is 29.4 Å². The van der Waals surface area contributed by atoms with E-state index in [0.717, 1.165) is 16.1 Å². The molecule has 0 saturated carbocycles. The molecule has 1 N–H and O–H groups in total. The van der Waals surface area contributed by atoms with Gasteiger partial charge in [0.1, 0.15) is 10.8 Å². The number of benzene rings is 1. The van der Waals surface area contributed by atoms with Crippen molar-refractivity contribution < 1.29 is 9.18 Å². The number of carbonyl (C=O) groups is 1. The first-order chi connectivity index (χ1) is 11.6. The van der Waals surface area contributed by atoms with Crippen LogP contribution in [0.2, 0.25) is 0 Å². The number of nitrogens with one attached hydrogen (secondary N) is 1. The lowest BCUT2D eigenvalue weighted by Crippen LogP contribution is -2.24. The number of amides is 1. The maximum absolute atomic E-state index is 13.9. The van der Waals surface area contributed by atoms with Gasteiger partial charge in [0.05, 0.1) is 12.1 Å². The van der Waals surface area contributed by atoms with Crippen LogP contribution in [0.5, 0.6) is 0 Å². The molecule has 0 aliphatic heterocycles. The first kappa shape index (κ1) is 16.3. The molecule has 0 bridgehead atoms. The summed E-state index contributed by atoms with van der Waals surface area (Å²) in [5.41, 5.74) is 2.17. The van der Waals surface area contributed by atoms with Crippen molar-refractivity contribution in [2.45, 2.75) is 19.9 Å². The summed E-state index contributed by atoms with van der Waals surface area (Å²) in [7, 11) is 0. The minimum atomic E-state index is -0.307. The lowest BCUT2D eigenvalue weighted by Gasteiger charge is -2.04. The number of pyridine rings is 1. The van der Waals surface area contributed by atoms with Gasteiger partial charge in [0.15, 0.2) is 0 Å². The topological polar surface area (TPSA) is 54.9 Å². The third kappa shape index (κ3) is 3.83. The second kappa shape index (κ2) is 7.31. The predicted octanol–water partition coefficient (Wildman–Crippen LogP) is 3.51. The number of nitrogens with zero attached hydrogens (tertiary/aromatic N) is 2. The van der Waals surface area contributed by atoms with Crippen molar-refractivity contribution in [1.29, 1.82) is 0 Å². The Kier molecular flexibility index (Phi) is 4.96. The number of carbonyl (C=O) groups excluding carboxylic acids is 1. The molecule has 3 aromatic rings. The molecular formula is C18H16FN3OS. The lowest BCUT2D eigenvalue weighted by molar-refractivity contribution is -0.120. The Morgan fingerprint density at radius 2 is 2.08 bits per heavy atom. The molecule has 0 unspecified atom stereocenters. The third-order valence-corrected chi connectivity index (χ3v) is 4.72. The molecule has 0 atom stereocenters. The highest BCUT2D eigenvalue weighted by atomic mass is 32.1. The summed E-state index contributed by atoms with van der Waals surface area (Å²) in [5, 5.41) is 3.46. The molecule has 3 rings (SSSR count). The van der Waals surface area contributed by atoms with Crippen LogP contribution in [0.4, 0.5) is 4.39 Å². The number of rotatable bonds is 5. The van der Waals surface area contributed by atoms with Crippen LogP contribution in [0, 0.1) is 12.7 Å². The Labute approximate surface area is 143 Å². The van der Waals surface area contributed by atoms with E-state index in [9.17, 15) is 9.18 Å². The van der Waals surface area contributed by atoms with Crippen LogP contribution < -0.4 is 5.32 Å². The summed E-state index contributed by atoms with van der Waals surface area (Å²) in [6.07, 6.45) is 3.64. The summed E-state index contributed by atoms with van der Waals surface area (Å²) in [6, 6.07) is 10.3. The molecule has 2 aromatic heterocycles. The smallest absolute Gasteiger partial charge is 0.225 e. The van der Waals surface area contributed by atoms with Crippen LogP contribution in [0.25, 0.3) is 10.6 Å². The zero-order chi connectivity index (χ0) is 16.9. The van der Waals surface area contributed by atoms with Crippen LogP contribution in [-0.2, 0) is 17.8 Å². The quantitative estimate of drug-likeness (QED) is 0.773. The van der Waals surface area contributed by atoms with E-state index in [-0.39, 0.29) is 18.1 Å². The largest absolute Gasteiger partial charge is 0.352 e. The Balaban J connectivity index is 1.67. The molecule has 0 fully saturated rings. The zero-order valence-electron chi connectivity index (χ0n) is 13.1.